The molecule has 0 spiro atoms. The number of fused-ring (bicyclic) bond motifs is 1. The van der Waals surface area contributed by atoms with E-state index in [0.717, 1.165) is 12.0 Å². The Kier molecular flexibility index (Phi) is 8.25. The molecule has 1 atom stereocenters. The lowest BCUT2D eigenvalue weighted by atomic mass is 10.0. The number of amides is 3. The van der Waals surface area contributed by atoms with Crippen LogP contribution in [0.2, 0.25) is 0 Å². The highest BCUT2D eigenvalue weighted by Crippen LogP contribution is 2.34. The summed E-state index contributed by atoms with van der Waals surface area (Å²) < 4.78 is 24.2. The average molecular weight is 450 g/mol. The fraction of sp³-hybridized carbons (Fsp3) is 0.455. The van der Waals surface area contributed by atoms with E-state index >= 15 is 0 Å². The maximum Gasteiger partial charge on any atom is 0.317 e. The van der Waals surface area contributed by atoms with Crippen LogP contribution in [0.3, 0.4) is 0 Å². The lowest BCUT2D eigenvalue weighted by Crippen LogP contribution is -2.50. The SMILES string of the molecule is CCNC(=O)N(CCOC)CC(=O)N1CCc2sccc2C1COc1ccc(F)cc1. The molecule has 1 unspecified atom stereocenters. The minimum absolute atomic E-state index is 0.0400. The topological polar surface area (TPSA) is 71.1 Å². The molecule has 31 heavy (non-hydrogen) atoms. The van der Waals surface area contributed by atoms with E-state index < -0.39 is 0 Å². The number of nitrogens with zero attached hydrogens (tertiary/aromatic N) is 2. The summed E-state index contributed by atoms with van der Waals surface area (Å²) in [6, 6.07) is 7.28. The van der Waals surface area contributed by atoms with E-state index in [2.05, 4.69) is 5.32 Å². The standard InChI is InChI=1S/C22H28FN3O4S/c1-3-24-22(28)25(11-12-29-2)14-21(27)26-10-8-20-18(9-13-31-20)19(26)15-30-17-6-4-16(23)5-7-17/h4-7,9,13,19H,3,8,10-12,14-15H2,1-2H3,(H,24,28). The van der Waals surface area contributed by atoms with Crippen molar-refractivity contribution < 1.29 is 23.5 Å². The third-order valence-electron chi connectivity index (χ3n) is 5.14. The van der Waals surface area contributed by atoms with Crippen molar-refractivity contribution in [1.82, 2.24) is 15.1 Å². The van der Waals surface area contributed by atoms with Crippen molar-refractivity contribution >= 4 is 23.3 Å². The van der Waals surface area contributed by atoms with E-state index in [0.29, 0.717) is 32.0 Å². The van der Waals surface area contributed by atoms with Gasteiger partial charge in [-0.15, -0.1) is 11.3 Å². The van der Waals surface area contributed by atoms with Crippen LogP contribution < -0.4 is 10.1 Å². The molecule has 0 saturated carbocycles. The van der Waals surface area contributed by atoms with Crippen molar-refractivity contribution in [3.05, 3.63) is 52.0 Å². The van der Waals surface area contributed by atoms with Gasteiger partial charge in [-0.3, -0.25) is 4.79 Å². The third kappa shape index (κ3) is 5.95. The van der Waals surface area contributed by atoms with Crippen LogP contribution in [0.25, 0.3) is 0 Å². The van der Waals surface area contributed by atoms with Crippen molar-refractivity contribution in [2.75, 3.05) is 46.5 Å². The van der Waals surface area contributed by atoms with Gasteiger partial charge in [0.2, 0.25) is 5.91 Å². The summed E-state index contributed by atoms with van der Waals surface area (Å²) in [7, 11) is 1.56. The van der Waals surface area contributed by atoms with Crippen molar-refractivity contribution in [3.8, 4) is 5.75 Å². The Labute approximate surface area is 185 Å². The summed E-state index contributed by atoms with van der Waals surface area (Å²) in [5, 5.41) is 4.76. The molecular weight excluding hydrogens is 421 g/mol. The maximum atomic E-state index is 13.2. The summed E-state index contributed by atoms with van der Waals surface area (Å²) in [6.07, 6.45) is 0.769. The van der Waals surface area contributed by atoms with Crippen LogP contribution in [0, 0.1) is 5.82 Å². The number of carbonyl (C=O) groups is 2. The third-order valence-corrected chi connectivity index (χ3v) is 6.14. The molecule has 2 heterocycles. The molecule has 168 valence electrons. The molecule has 7 nitrogen and oxygen atoms in total. The molecule has 1 aliphatic rings. The molecular formula is C22H28FN3O4S. The Balaban J connectivity index is 1.74. The van der Waals surface area contributed by atoms with Gasteiger partial charge in [-0.2, -0.15) is 0 Å². The van der Waals surface area contributed by atoms with Crippen LogP contribution in [0.4, 0.5) is 9.18 Å². The lowest BCUT2D eigenvalue weighted by Gasteiger charge is -2.37. The molecule has 0 radical (unpaired) electrons. The van der Waals surface area contributed by atoms with Crippen LogP contribution in [-0.4, -0.2) is 68.2 Å². The smallest absolute Gasteiger partial charge is 0.317 e. The van der Waals surface area contributed by atoms with Gasteiger partial charge < -0.3 is 24.6 Å². The van der Waals surface area contributed by atoms with Crippen molar-refractivity contribution in [2.24, 2.45) is 0 Å². The summed E-state index contributed by atoms with van der Waals surface area (Å²) in [5.41, 5.74) is 1.06. The van der Waals surface area contributed by atoms with Gasteiger partial charge in [-0.25, -0.2) is 9.18 Å². The average Bonchev–Trinajstić information content (AvgIpc) is 3.25. The summed E-state index contributed by atoms with van der Waals surface area (Å²) >= 11 is 1.67. The zero-order valence-corrected chi connectivity index (χ0v) is 18.6. The molecule has 0 saturated heterocycles. The number of urea groups is 1. The molecule has 1 aromatic carbocycles. The molecule has 2 aromatic rings. The number of benzene rings is 1. The van der Waals surface area contributed by atoms with Gasteiger partial charge in [-0.1, -0.05) is 0 Å². The van der Waals surface area contributed by atoms with Crippen molar-refractivity contribution in [2.45, 2.75) is 19.4 Å². The van der Waals surface area contributed by atoms with E-state index in [4.69, 9.17) is 9.47 Å². The number of hydrogen-bond acceptors (Lipinski definition) is 5. The first-order valence-electron chi connectivity index (χ1n) is 10.3. The zero-order valence-electron chi connectivity index (χ0n) is 17.8. The highest BCUT2D eigenvalue weighted by molar-refractivity contribution is 7.10. The number of thiophene rings is 1. The molecule has 3 rings (SSSR count). The second kappa shape index (κ2) is 11.1. The van der Waals surface area contributed by atoms with E-state index in [9.17, 15) is 14.0 Å². The Hall–Kier alpha value is -2.65. The first kappa shape index (κ1) is 23.0. The van der Waals surface area contributed by atoms with Gasteiger partial charge in [0.15, 0.2) is 0 Å². The second-order valence-corrected chi connectivity index (χ2v) is 8.17. The largest absolute Gasteiger partial charge is 0.491 e. The number of nitrogens with one attached hydrogen (secondary N) is 1. The van der Waals surface area contributed by atoms with E-state index in [1.165, 1.54) is 21.9 Å². The quantitative estimate of drug-likeness (QED) is 0.639. The van der Waals surface area contributed by atoms with E-state index in [-0.39, 0.29) is 36.9 Å². The van der Waals surface area contributed by atoms with Gasteiger partial charge in [0.25, 0.3) is 0 Å². The summed E-state index contributed by atoms with van der Waals surface area (Å²) in [4.78, 5) is 30.1. The zero-order chi connectivity index (χ0) is 22.2. The highest BCUT2D eigenvalue weighted by Gasteiger charge is 2.33. The Bertz CT molecular complexity index is 874. The first-order valence-corrected chi connectivity index (χ1v) is 11.2. The van der Waals surface area contributed by atoms with Crippen molar-refractivity contribution in [3.63, 3.8) is 0 Å². The minimum atomic E-state index is -0.330. The van der Waals surface area contributed by atoms with Crippen LogP contribution in [-0.2, 0) is 16.0 Å². The van der Waals surface area contributed by atoms with Crippen LogP contribution in [0.5, 0.6) is 5.75 Å². The number of halogens is 1. The van der Waals surface area contributed by atoms with Gasteiger partial charge in [0.1, 0.15) is 24.7 Å². The summed E-state index contributed by atoms with van der Waals surface area (Å²) in [6.45, 7) is 3.74. The predicted octanol–water partition coefficient (Wildman–Crippen LogP) is 3.07. The molecule has 0 bridgehead atoms. The lowest BCUT2D eigenvalue weighted by molar-refractivity contribution is -0.135. The Morgan fingerprint density at radius 3 is 2.77 bits per heavy atom. The van der Waals surface area contributed by atoms with Crippen molar-refractivity contribution in [1.29, 1.82) is 0 Å². The molecule has 0 fully saturated rings. The number of hydrogen-bond donors (Lipinski definition) is 1. The molecule has 1 N–H and O–H groups in total. The number of carbonyl (C=O) groups excluding carboxylic acids is 2. The Morgan fingerprint density at radius 1 is 1.29 bits per heavy atom. The Morgan fingerprint density at radius 2 is 2.06 bits per heavy atom. The van der Waals surface area contributed by atoms with Gasteiger partial charge in [-0.05, 0) is 54.6 Å². The van der Waals surface area contributed by atoms with Gasteiger partial charge in [0.05, 0.1) is 12.6 Å². The van der Waals surface area contributed by atoms with Gasteiger partial charge in [0, 0.05) is 31.6 Å². The summed E-state index contributed by atoms with van der Waals surface area (Å²) in [5.74, 6) is 0.0653. The molecule has 9 heteroatoms. The fourth-order valence-corrected chi connectivity index (χ4v) is 4.48. The second-order valence-electron chi connectivity index (χ2n) is 7.17. The molecule has 1 aromatic heterocycles. The number of methoxy groups -OCH3 is 1. The van der Waals surface area contributed by atoms with E-state index in [1.807, 2.05) is 18.4 Å². The minimum Gasteiger partial charge on any atom is -0.491 e. The normalized spacial score (nSPS) is 15.3. The van der Waals surface area contributed by atoms with Crippen LogP contribution in [0.1, 0.15) is 23.4 Å². The number of rotatable bonds is 9. The van der Waals surface area contributed by atoms with E-state index in [1.54, 1.807) is 35.5 Å². The predicted molar refractivity (Wildman–Crippen MR) is 117 cm³/mol. The monoisotopic (exact) mass is 449 g/mol. The number of ether oxygens (including phenoxy) is 2. The molecule has 0 aliphatic carbocycles. The first-order chi connectivity index (χ1) is 15.0. The maximum absolute atomic E-state index is 13.2. The molecule has 3 amide bonds. The molecule has 1 aliphatic heterocycles. The van der Waals surface area contributed by atoms with Gasteiger partial charge >= 0.3 is 6.03 Å². The van der Waals surface area contributed by atoms with Crippen LogP contribution >= 0.6 is 11.3 Å². The fourth-order valence-electron chi connectivity index (χ4n) is 3.55. The van der Waals surface area contributed by atoms with Crippen LogP contribution in [0.15, 0.2) is 35.7 Å². The highest BCUT2D eigenvalue weighted by atomic mass is 32.1.